The lowest BCUT2D eigenvalue weighted by Gasteiger charge is -2.29. The zero-order chi connectivity index (χ0) is 39.5. The average Bonchev–Trinajstić information content (AvgIpc) is 3.52. The highest BCUT2D eigenvalue weighted by atomic mass is 15.1. The van der Waals surface area contributed by atoms with E-state index >= 15 is 0 Å². The van der Waals surface area contributed by atoms with Crippen molar-refractivity contribution in [1.82, 2.24) is 0 Å². The molecule has 10 aromatic rings. The monoisotopic (exact) mass is 754 g/mol. The average molecular weight is 755 g/mol. The Balaban J connectivity index is 1.03. The maximum atomic E-state index is 2.44. The number of anilines is 6. The highest BCUT2D eigenvalue weighted by Gasteiger charge is 2.35. The SMILES string of the molecule is CC1(C)c2ccccc2-c2ccc(N(c3ccc(-c4cccc5c(N(c6ccccc6)c6ccc7ccccc7c6)cccc45)cc3)c3cccc4ccccc34)cc21. The quantitative estimate of drug-likeness (QED) is 0.160. The number of nitrogens with zero attached hydrogens (tertiary/aromatic N) is 2. The molecular weight excluding hydrogens is 713 g/mol. The van der Waals surface area contributed by atoms with Crippen LogP contribution in [0, 0.1) is 0 Å². The van der Waals surface area contributed by atoms with Crippen molar-refractivity contribution >= 4 is 66.4 Å². The van der Waals surface area contributed by atoms with E-state index in [-0.39, 0.29) is 5.41 Å². The Labute approximate surface area is 345 Å². The van der Waals surface area contributed by atoms with Gasteiger partial charge in [0.15, 0.2) is 0 Å². The lowest BCUT2D eigenvalue weighted by atomic mass is 9.82. The summed E-state index contributed by atoms with van der Waals surface area (Å²) in [5.41, 5.74) is 14.5. The van der Waals surface area contributed by atoms with Crippen molar-refractivity contribution < 1.29 is 0 Å². The van der Waals surface area contributed by atoms with Crippen LogP contribution in [0.15, 0.2) is 218 Å². The van der Waals surface area contributed by atoms with Crippen LogP contribution >= 0.6 is 0 Å². The lowest BCUT2D eigenvalue weighted by Crippen LogP contribution is -2.16. The van der Waals surface area contributed by atoms with Crippen LogP contribution in [0.1, 0.15) is 25.0 Å². The normalized spacial score (nSPS) is 12.7. The highest BCUT2D eigenvalue weighted by molar-refractivity contribution is 6.06. The van der Waals surface area contributed by atoms with Gasteiger partial charge in [-0.3, -0.25) is 0 Å². The first-order chi connectivity index (χ1) is 29.0. The van der Waals surface area contributed by atoms with Gasteiger partial charge in [-0.15, -0.1) is 0 Å². The summed E-state index contributed by atoms with van der Waals surface area (Å²) in [5, 5.41) is 7.31. The molecular formula is C57H42N2. The Morgan fingerprint density at radius 2 is 0.831 bits per heavy atom. The molecule has 0 radical (unpaired) electrons. The maximum Gasteiger partial charge on any atom is 0.0540 e. The van der Waals surface area contributed by atoms with Gasteiger partial charge < -0.3 is 9.80 Å². The van der Waals surface area contributed by atoms with E-state index in [2.05, 4.69) is 242 Å². The molecule has 280 valence electrons. The molecule has 0 atom stereocenters. The molecule has 10 aromatic carbocycles. The number of benzene rings is 10. The van der Waals surface area contributed by atoms with E-state index in [4.69, 9.17) is 0 Å². The molecule has 11 rings (SSSR count). The van der Waals surface area contributed by atoms with E-state index in [0.29, 0.717) is 0 Å². The zero-order valence-electron chi connectivity index (χ0n) is 33.2. The van der Waals surface area contributed by atoms with Crippen LogP contribution in [0.25, 0.3) is 54.6 Å². The summed E-state index contributed by atoms with van der Waals surface area (Å²) in [6, 6.07) is 79.9. The van der Waals surface area contributed by atoms with Crippen LogP contribution in [0.4, 0.5) is 34.1 Å². The van der Waals surface area contributed by atoms with Gasteiger partial charge in [0.2, 0.25) is 0 Å². The van der Waals surface area contributed by atoms with Crippen LogP contribution < -0.4 is 9.80 Å². The molecule has 2 heteroatoms. The Hall–Kier alpha value is -7.42. The van der Waals surface area contributed by atoms with E-state index in [1.807, 2.05) is 0 Å². The molecule has 0 fully saturated rings. The number of fused-ring (bicyclic) bond motifs is 6. The molecule has 0 saturated carbocycles. The largest absolute Gasteiger partial charge is 0.310 e. The third-order valence-electron chi connectivity index (χ3n) is 12.4. The number of para-hydroxylation sites is 1. The van der Waals surface area contributed by atoms with Gasteiger partial charge in [-0.05, 0) is 116 Å². The van der Waals surface area contributed by atoms with Crippen molar-refractivity contribution in [1.29, 1.82) is 0 Å². The summed E-state index contributed by atoms with van der Waals surface area (Å²) in [6.07, 6.45) is 0. The topological polar surface area (TPSA) is 6.48 Å². The standard InChI is InChI=1S/C57H42N2/c1-57(2)53-26-11-10-22-50(53)51-36-35-46(38-54(51)57)59(55-27-12-18-40-16-8-9-21-48(40)55)44-32-30-41(31-33-44)47-23-13-25-52-49(47)24-14-28-56(52)58(43-19-4-3-5-20-43)45-34-29-39-15-6-7-17-42(39)37-45/h3-38H,1-2H3. The van der Waals surface area contributed by atoms with Gasteiger partial charge in [-0.1, -0.05) is 172 Å². The fourth-order valence-electron chi connectivity index (χ4n) is 9.51. The molecule has 0 unspecified atom stereocenters. The second-order valence-electron chi connectivity index (χ2n) is 16.2. The molecule has 0 bridgehead atoms. The van der Waals surface area contributed by atoms with Gasteiger partial charge in [-0.25, -0.2) is 0 Å². The van der Waals surface area contributed by atoms with Gasteiger partial charge >= 0.3 is 0 Å². The van der Waals surface area contributed by atoms with Crippen molar-refractivity contribution in [3.8, 4) is 22.3 Å². The molecule has 1 aliphatic rings. The number of hydrogen-bond donors (Lipinski definition) is 0. The third kappa shape index (κ3) is 5.79. The molecule has 59 heavy (non-hydrogen) atoms. The third-order valence-corrected chi connectivity index (χ3v) is 12.4. The molecule has 2 nitrogen and oxygen atoms in total. The van der Waals surface area contributed by atoms with Crippen molar-refractivity contribution in [2.75, 3.05) is 9.80 Å². The molecule has 0 aromatic heterocycles. The molecule has 0 amide bonds. The Morgan fingerprint density at radius 1 is 0.305 bits per heavy atom. The van der Waals surface area contributed by atoms with E-state index in [9.17, 15) is 0 Å². The first kappa shape index (κ1) is 34.8. The second kappa shape index (κ2) is 13.9. The van der Waals surface area contributed by atoms with Crippen LogP contribution in [0.2, 0.25) is 0 Å². The molecule has 0 N–H and O–H groups in total. The smallest absolute Gasteiger partial charge is 0.0540 e. The molecule has 0 aliphatic heterocycles. The Morgan fingerprint density at radius 3 is 1.66 bits per heavy atom. The summed E-state index contributed by atoms with van der Waals surface area (Å²) >= 11 is 0. The van der Waals surface area contributed by atoms with Crippen molar-refractivity contribution in [2.45, 2.75) is 19.3 Å². The van der Waals surface area contributed by atoms with Gasteiger partial charge in [0.1, 0.15) is 0 Å². The van der Waals surface area contributed by atoms with Gasteiger partial charge in [-0.2, -0.15) is 0 Å². The predicted octanol–water partition coefficient (Wildman–Crippen LogP) is 16.1. The van der Waals surface area contributed by atoms with E-state index in [1.54, 1.807) is 0 Å². The van der Waals surface area contributed by atoms with Gasteiger partial charge in [0.05, 0.1) is 11.4 Å². The number of hydrogen-bond acceptors (Lipinski definition) is 2. The van der Waals surface area contributed by atoms with Crippen LogP contribution in [-0.4, -0.2) is 0 Å². The maximum absolute atomic E-state index is 2.44. The summed E-state index contributed by atoms with van der Waals surface area (Å²) in [7, 11) is 0. The van der Waals surface area contributed by atoms with Gasteiger partial charge in [0.25, 0.3) is 0 Å². The van der Waals surface area contributed by atoms with Crippen LogP contribution in [0.3, 0.4) is 0 Å². The fourth-order valence-corrected chi connectivity index (χ4v) is 9.51. The van der Waals surface area contributed by atoms with Crippen LogP contribution in [-0.2, 0) is 5.41 Å². The predicted molar refractivity (Wildman–Crippen MR) is 251 cm³/mol. The number of rotatable bonds is 7. The van der Waals surface area contributed by atoms with E-state index in [0.717, 1.165) is 34.1 Å². The Kier molecular flexibility index (Phi) is 8.20. The summed E-state index contributed by atoms with van der Waals surface area (Å²) in [5.74, 6) is 0. The Bertz CT molecular complexity index is 3190. The molecule has 0 spiro atoms. The molecule has 0 heterocycles. The highest BCUT2D eigenvalue weighted by Crippen LogP contribution is 2.51. The van der Waals surface area contributed by atoms with Crippen LogP contribution in [0.5, 0.6) is 0 Å². The minimum atomic E-state index is -0.103. The van der Waals surface area contributed by atoms with Crippen molar-refractivity contribution in [2.24, 2.45) is 0 Å². The van der Waals surface area contributed by atoms with Crippen molar-refractivity contribution in [3.05, 3.63) is 230 Å². The van der Waals surface area contributed by atoms with Gasteiger partial charge in [0, 0.05) is 38.9 Å². The van der Waals surface area contributed by atoms with E-state index < -0.39 is 0 Å². The first-order valence-electron chi connectivity index (χ1n) is 20.5. The van der Waals surface area contributed by atoms with E-state index in [1.165, 1.54) is 65.7 Å². The summed E-state index contributed by atoms with van der Waals surface area (Å²) < 4.78 is 0. The first-order valence-corrected chi connectivity index (χ1v) is 20.5. The zero-order valence-corrected chi connectivity index (χ0v) is 33.2. The second-order valence-corrected chi connectivity index (χ2v) is 16.2. The summed E-state index contributed by atoms with van der Waals surface area (Å²) in [4.78, 5) is 4.83. The molecule has 1 aliphatic carbocycles. The molecule has 0 saturated heterocycles. The minimum absolute atomic E-state index is 0.103. The summed E-state index contributed by atoms with van der Waals surface area (Å²) in [6.45, 7) is 4.71. The lowest BCUT2D eigenvalue weighted by molar-refractivity contribution is 0.660. The fraction of sp³-hybridized carbons (Fsp3) is 0.0526. The van der Waals surface area contributed by atoms with Crippen molar-refractivity contribution in [3.63, 3.8) is 0 Å². The minimum Gasteiger partial charge on any atom is -0.310 e.